The summed E-state index contributed by atoms with van der Waals surface area (Å²) in [6.07, 6.45) is 4.99. The van der Waals surface area contributed by atoms with Gasteiger partial charge in [0.2, 0.25) is 0 Å². The van der Waals surface area contributed by atoms with E-state index in [1.165, 1.54) is 0 Å². The van der Waals surface area contributed by atoms with Gasteiger partial charge in [0.25, 0.3) is 0 Å². The molecule has 2 rings (SSSR count). The zero-order chi connectivity index (χ0) is 13.0. The molecule has 0 spiro atoms. The van der Waals surface area contributed by atoms with E-state index in [1.54, 1.807) is 6.26 Å². The highest BCUT2D eigenvalue weighted by molar-refractivity contribution is 7.91. The molecule has 1 saturated heterocycles. The van der Waals surface area contributed by atoms with Crippen LogP contribution in [0.5, 0.6) is 0 Å². The third-order valence-electron chi connectivity index (χ3n) is 3.25. The molecule has 1 N–H and O–H groups in total. The highest BCUT2D eigenvalue weighted by Gasteiger charge is 2.28. The summed E-state index contributed by atoms with van der Waals surface area (Å²) >= 11 is 0. The molecule has 18 heavy (non-hydrogen) atoms. The molecule has 1 aliphatic heterocycles. The molecule has 5 nitrogen and oxygen atoms in total. The molecule has 6 heteroatoms. The fourth-order valence-electron chi connectivity index (χ4n) is 2.28. The average molecular weight is 272 g/mol. The van der Waals surface area contributed by atoms with Crippen molar-refractivity contribution in [3.05, 3.63) is 17.8 Å². The van der Waals surface area contributed by atoms with Crippen molar-refractivity contribution < 1.29 is 12.8 Å². The highest BCUT2D eigenvalue weighted by atomic mass is 32.2. The number of hydrogen-bond acceptors (Lipinski definition) is 5. The summed E-state index contributed by atoms with van der Waals surface area (Å²) in [4.78, 5) is 4.40. The van der Waals surface area contributed by atoms with E-state index in [2.05, 4.69) is 10.3 Å². The number of hydrogen-bond donors (Lipinski definition) is 1. The largest absolute Gasteiger partial charge is 0.449 e. The number of aryl methyl sites for hydroxylation is 1. The molecule has 1 unspecified atom stereocenters. The second-order valence-corrected chi connectivity index (χ2v) is 7.14. The highest BCUT2D eigenvalue weighted by Crippen LogP contribution is 2.22. The Morgan fingerprint density at radius 3 is 3.06 bits per heavy atom. The maximum absolute atomic E-state index is 11.4. The molecule has 0 bridgehead atoms. The molecule has 1 aromatic heterocycles. The van der Waals surface area contributed by atoms with Crippen LogP contribution in [0, 0.1) is 5.92 Å². The van der Waals surface area contributed by atoms with Crippen molar-refractivity contribution in [2.45, 2.75) is 25.7 Å². The lowest BCUT2D eigenvalue weighted by atomic mass is 10.1. The Hall–Kier alpha value is -0.880. The van der Waals surface area contributed by atoms with Gasteiger partial charge in [-0.15, -0.1) is 0 Å². The molecule has 0 radical (unpaired) electrons. The quantitative estimate of drug-likeness (QED) is 0.776. The minimum Gasteiger partial charge on any atom is -0.449 e. The summed E-state index contributed by atoms with van der Waals surface area (Å²) in [5.41, 5.74) is 0.959. The Balaban J connectivity index is 1.83. The van der Waals surface area contributed by atoms with Crippen molar-refractivity contribution in [1.82, 2.24) is 10.3 Å². The molecule has 0 aromatic carbocycles. The third kappa shape index (κ3) is 3.81. The number of oxazole rings is 1. The van der Waals surface area contributed by atoms with Gasteiger partial charge >= 0.3 is 0 Å². The maximum atomic E-state index is 11.4. The Labute approximate surface area is 108 Å². The van der Waals surface area contributed by atoms with Gasteiger partial charge in [0.1, 0.15) is 6.26 Å². The SMILES string of the molecule is CNCCCc1coc(CC2CCS(=O)(=O)C2)n1. The summed E-state index contributed by atoms with van der Waals surface area (Å²) in [7, 11) is -0.879. The molecule has 2 heterocycles. The average Bonchev–Trinajstić information content (AvgIpc) is 2.87. The van der Waals surface area contributed by atoms with Gasteiger partial charge in [-0.3, -0.25) is 0 Å². The van der Waals surface area contributed by atoms with Crippen LogP contribution < -0.4 is 5.32 Å². The maximum Gasteiger partial charge on any atom is 0.194 e. The van der Waals surface area contributed by atoms with Crippen molar-refractivity contribution in [2.75, 3.05) is 25.1 Å². The van der Waals surface area contributed by atoms with E-state index in [1.807, 2.05) is 7.05 Å². The number of aromatic nitrogens is 1. The van der Waals surface area contributed by atoms with E-state index in [4.69, 9.17) is 4.42 Å². The molecule has 1 atom stereocenters. The van der Waals surface area contributed by atoms with Gasteiger partial charge in [0.15, 0.2) is 15.7 Å². The van der Waals surface area contributed by atoms with E-state index < -0.39 is 9.84 Å². The first kappa shape index (κ1) is 13.5. The standard InChI is InChI=1S/C12H20N2O3S/c1-13-5-2-3-11-8-17-12(14-11)7-10-4-6-18(15,16)9-10/h8,10,13H,2-7,9H2,1H3. The van der Waals surface area contributed by atoms with Crippen LogP contribution >= 0.6 is 0 Å². The minimum atomic E-state index is -2.80. The zero-order valence-corrected chi connectivity index (χ0v) is 11.5. The smallest absolute Gasteiger partial charge is 0.194 e. The van der Waals surface area contributed by atoms with Gasteiger partial charge < -0.3 is 9.73 Å². The number of rotatable bonds is 6. The number of sulfone groups is 1. The van der Waals surface area contributed by atoms with E-state index in [0.717, 1.165) is 31.5 Å². The lowest BCUT2D eigenvalue weighted by Gasteiger charge is -2.02. The van der Waals surface area contributed by atoms with Crippen molar-refractivity contribution in [3.8, 4) is 0 Å². The Morgan fingerprint density at radius 1 is 1.56 bits per heavy atom. The normalized spacial score (nSPS) is 22.4. The van der Waals surface area contributed by atoms with Gasteiger partial charge in [0, 0.05) is 6.42 Å². The van der Waals surface area contributed by atoms with Crippen LogP contribution in [0.2, 0.25) is 0 Å². The van der Waals surface area contributed by atoms with Crippen molar-refractivity contribution in [3.63, 3.8) is 0 Å². The molecule has 0 amide bonds. The van der Waals surface area contributed by atoms with Crippen molar-refractivity contribution >= 4 is 9.84 Å². The van der Waals surface area contributed by atoms with Crippen LogP contribution in [0.15, 0.2) is 10.7 Å². The van der Waals surface area contributed by atoms with Crippen LogP contribution in [0.4, 0.5) is 0 Å². The lowest BCUT2D eigenvalue weighted by Crippen LogP contribution is -2.09. The fraction of sp³-hybridized carbons (Fsp3) is 0.750. The third-order valence-corrected chi connectivity index (χ3v) is 5.09. The number of nitrogens with one attached hydrogen (secondary N) is 1. The van der Waals surface area contributed by atoms with E-state index in [9.17, 15) is 8.42 Å². The summed E-state index contributed by atoms with van der Waals surface area (Å²) in [6, 6.07) is 0. The van der Waals surface area contributed by atoms with E-state index in [0.29, 0.717) is 18.1 Å². The lowest BCUT2D eigenvalue weighted by molar-refractivity contribution is 0.446. The van der Waals surface area contributed by atoms with Gasteiger partial charge in [-0.1, -0.05) is 0 Å². The van der Waals surface area contributed by atoms with Crippen LogP contribution in [0.1, 0.15) is 24.4 Å². The molecule has 102 valence electrons. The predicted octanol–water partition coefficient (Wildman–Crippen LogP) is 0.804. The first-order valence-corrected chi connectivity index (χ1v) is 8.19. The Kier molecular flexibility index (Phi) is 4.40. The zero-order valence-electron chi connectivity index (χ0n) is 10.7. The van der Waals surface area contributed by atoms with Crippen LogP contribution in [-0.4, -0.2) is 38.5 Å². The molecular weight excluding hydrogens is 252 g/mol. The molecule has 0 saturated carbocycles. The van der Waals surface area contributed by atoms with Gasteiger partial charge in [0.05, 0.1) is 17.2 Å². The van der Waals surface area contributed by atoms with Crippen molar-refractivity contribution in [1.29, 1.82) is 0 Å². The van der Waals surface area contributed by atoms with Gasteiger partial charge in [-0.05, 0) is 38.8 Å². The summed E-state index contributed by atoms with van der Waals surface area (Å²) < 4.78 is 28.1. The molecular formula is C12H20N2O3S. The van der Waals surface area contributed by atoms with Gasteiger partial charge in [-0.25, -0.2) is 13.4 Å². The molecule has 1 aromatic rings. The second-order valence-electron chi connectivity index (χ2n) is 4.91. The predicted molar refractivity (Wildman–Crippen MR) is 69.2 cm³/mol. The number of nitrogens with zero attached hydrogens (tertiary/aromatic N) is 1. The minimum absolute atomic E-state index is 0.179. The van der Waals surface area contributed by atoms with Gasteiger partial charge in [-0.2, -0.15) is 0 Å². The second kappa shape index (κ2) is 5.84. The van der Waals surface area contributed by atoms with Crippen LogP contribution in [-0.2, 0) is 22.7 Å². The first-order chi connectivity index (χ1) is 8.59. The molecule has 0 aliphatic carbocycles. The summed E-state index contributed by atoms with van der Waals surface area (Å²) in [5, 5.41) is 3.09. The van der Waals surface area contributed by atoms with Crippen LogP contribution in [0.25, 0.3) is 0 Å². The fourth-order valence-corrected chi connectivity index (χ4v) is 4.15. The van der Waals surface area contributed by atoms with Crippen LogP contribution in [0.3, 0.4) is 0 Å². The molecule has 1 aliphatic rings. The van der Waals surface area contributed by atoms with E-state index in [-0.39, 0.29) is 11.7 Å². The van der Waals surface area contributed by atoms with Crippen molar-refractivity contribution in [2.24, 2.45) is 5.92 Å². The van der Waals surface area contributed by atoms with E-state index >= 15 is 0 Å². The Morgan fingerprint density at radius 2 is 2.39 bits per heavy atom. The summed E-state index contributed by atoms with van der Waals surface area (Å²) in [6.45, 7) is 0.961. The first-order valence-electron chi connectivity index (χ1n) is 6.37. The topological polar surface area (TPSA) is 72.2 Å². The Bertz CT molecular complexity index is 481. The summed E-state index contributed by atoms with van der Waals surface area (Å²) in [5.74, 6) is 1.45. The molecule has 1 fully saturated rings. The monoisotopic (exact) mass is 272 g/mol.